The van der Waals surface area contributed by atoms with Crippen LogP contribution in [-0.4, -0.2) is 30.3 Å². The molecule has 1 aliphatic carbocycles. The molecule has 0 heterocycles. The highest BCUT2D eigenvalue weighted by Crippen LogP contribution is 2.31. The van der Waals surface area contributed by atoms with Crippen LogP contribution in [-0.2, 0) is 10.2 Å². The Labute approximate surface area is 139 Å². The number of hydrogen-bond donors (Lipinski definition) is 2. The number of nitrogens with one attached hydrogen (secondary N) is 1. The van der Waals surface area contributed by atoms with E-state index in [1.807, 2.05) is 24.3 Å². The Kier molecular flexibility index (Phi) is 5.69. The summed E-state index contributed by atoms with van der Waals surface area (Å²) in [6.45, 7) is 4.73. The average Bonchev–Trinajstić information content (AvgIpc) is 2.53. The van der Waals surface area contributed by atoms with Gasteiger partial charge < -0.3 is 15.2 Å². The van der Waals surface area contributed by atoms with E-state index >= 15 is 0 Å². The number of methoxy groups -OCH3 is 1. The zero-order valence-electron chi connectivity index (χ0n) is 14.5. The number of carbonyl (C=O) groups is 1. The summed E-state index contributed by atoms with van der Waals surface area (Å²) in [5, 5.41) is 13.5. The molecule has 128 valence electrons. The summed E-state index contributed by atoms with van der Waals surface area (Å²) in [7, 11) is 1.65. The van der Waals surface area contributed by atoms with Crippen molar-refractivity contribution in [2.45, 2.75) is 63.4 Å². The summed E-state index contributed by atoms with van der Waals surface area (Å²) >= 11 is 0. The van der Waals surface area contributed by atoms with Crippen molar-refractivity contribution >= 4 is 5.91 Å². The largest absolute Gasteiger partial charge is 0.497 e. The van der Waals surface area contributed by atoms with Crippen LogP contribution in [0, 0.1) is 0 Å². The summed E-state index contributed by atoms with van der Waals surface area (Å²) in [5.74, 6) is 0.754. The fourth-order valence-corrected chi connectivity index (χ4v) is 3.21. The minimum Gasteiger partial charge on any atom is -0.497 e. The first-order valence-corrected chi connectivity index (χ1v) is 8.48. The SMILES string of the molecule is COc1cccc(C(C)(C)CNC(=O)CC2(O)CCCCC2)c1. The van der Waals surface area contributed by atoms with E-state index in [2.05, 4.69) is 19.2 Å². The van der Waals surface area contributed by atoms with Gasteiger partial charge in [0.05, 0.1) is 19.1 Å². The molecule has 2 rings (SSSR count). The molecule has 0 atom stereocenters. The maximum atomic E-state index is 12.2. The highest BCUT2D eigenvalue weighted by molar-refractivity contribution is 5.77. The van der Waals surface area contributed by atoms with Gasteiger partial charge in [-0.3, -0.25) is 4.79 Å². The maximum absolute atomic E-state index is 12.2. The first-order chi connectivity index (χ1) is 10.8. The summed E-state index contributed by atoms with van der Waals surface area (Å²) < 4.78 is 5.27. The lowest BCUT2D eigenvalue weighted by molar-refractivity contribution is -0.127. The Morgan fingerprint density at radius 1 is 1.30 bits per heavy atom. The van der Waals surface area contributed by atoms with Crippen LogP contribution in [0.2, 0.25) is 0 Å². The summed E-state index contributed by atoms with van der Waals surface area (Å²) in [6, 6.07) is 7.92. The van der Waals surface area contributed by atoms with Crippen LogP contribution in [0.25, 0.3) is 0 Å². The molecule has 1 amide bonds. The molecule has 0 aromatic heterocycles. The van der Waals surface area contributed by atoms with E-state index in [1.54, 1.807) is 7.11 Å². The number of rotatable bonds is 6. The molecule has 0 bridgehead atoms. The molecule has 1 saturated carbocycles. The summed E-state index contributed by atoms with van der Waals surface area (Å²) in [4.78, 5) is 12.2. The van der Waals surface area contributed by atoms with Gasteiger partial charge in [-0.15, -0.1) is 0 Å². The molecular weight excluding hydrogens is 290 g/mol. The lowest BCUT2D eigenvalue weighted by atomic mass is 9.82. The van der Waals surface area contributed by atoms with Crippen LogP contribution >= 0.6 is 0 Å². The lowest BCUT2D eigenvalue weighted by Crippen LogP contribution is -2.42. The molecule has 0 saturated heterocycles. The van der Waals surface area contributed by atoms with Gasteiger partial charge in [-0.05, 0) is 30.5 Å². The molecule has 1 aromatic rings. The number of carbonyl (C=O) groups excluding carboxylic acids is 1. The Morgan fingerprint density at radius 3 is 2.65 bits per heavy atom. The third-order valence-electron chi connectivity index (χ3n) is 4.85. The van der Waals surface area contributed by atoms with E-state index in [1.165, 1.54) is 0 Å². The van der Waals surface area contributed by atoms with Crippen LogP contribution in [0.5, 0.6) is 5.75 Å². The molecule has 1 aliphatic rings. The fraction of sp³-hybridized carbons (Fsp3) is 0.632. The monoisotopic (exact) mass is 319 g/mol. The van der Waals surface area contributed by atoms with Crippen molar-refractivity contribution in [2.75, 3.05) is 13.7 Å². The van der Waals surface area contributed by atoms with Crippen LogP contribution in [0.4, 0.5) is 0 Å². The summed E-state index contributed by atoms with van der Waals surface area (Å²) in [5.41, 5.74) is 0.121. The van der Waals surface area contributed by atoms with E-state index in [9.17, 15) is 9.90 Å². The minimum atomic E-state index is -0.803. The predicted molar refractivity (Wildman–Crippen MR) is 91.7 cm³/mol. The van der Waals surface area contributed by atoms with Gasteiger partial charge in [-0.25, -0.2) is 0 Å². The molecule has 0 radical (unpaired) electrons. The molecule has 4 nitrogen and oxygen atoms in total. The molecule has 1 fully saturated rings. The zero-order chi connectivity index (χ0) is 16.9. The second kappa shape index (κ2) is 7.35. The third-order valence-corrected chi connectivity index (χ3v) is 4.85. The highest BCUT2D eigenvalue weighted by atomic mass is 16.5. The van der Waals surface area contributed by atoms with Gasteiger partial charge in [0.15, 0.2) is 0 Å². The second-order valence-corrected chi connectivity index (χ2v) is 7.35. The predicted octanol–water partition coefficient (Wildman–Crippen LogP) is 3.17. The standard InChI is InChI=1S/C19H29NO3/c1-18(2,15-8-7-9-16(12-15)23-3)14-20-17(21)13-19(22)10-5-4-6-11-19/h7-9,12,22H,4-6,10-11,13-14H2,1-3H3,(H,20,21). The van der Waals surface area contributed by atoms with Crippen LogP contribution in [0.3, 0.4) is 0 Å². The van der Waals surface area contributed by atoms with E-state index < -0.39 is 5.60 Å². The van der Waals surface area contributed by atoms with Gasteiger partial charge in [0, 0.05) is 12.0 Å². The molecule has 0 spiro atoms. The van der Waals surface area contributed by atoms with Crippen molar-refractivity contribution in [2.24, 2.45) is 0 Å². The molecule has 4 heteroatoms. The van der Waals surface area contributed by atoms with Crippen molar-refractivity contribution in [3.63, 3.8) is 0 Å². The quantitative estimate of drug-likeness (QED) is 0.846. The normalized spacial score (nSPS) is 17.6. The number of ether oxygens (including phenoxy) is 1. The Morgan fingerprint density at radius 2 is 2.00 bits per heavy atom. The van der Waals surface area contributed by atoms with Crippen LogP contribution in [0.15, 0.2) is 24.3 Å². The maximum Gasteiger partial charge on any atom is 0.222 e. The smallest absolute Gasteiger partial charge is 0.222 e. The number of hydrogen-bond acceptors (Lipinski definition) is 3. The van der Waals surface area contributed by atoms with Crippen LogP contribution < -0.4 is 10.1 Å². The van der Waals surface area contributed by atoms with Gasteiger partial charge in [0.2, 0.25) is 5.91 Å². The van der Waals surface area contributed by atoms with Crippen molar-refractivity contribution in [1.82, 2.24) is 5.32 Å². The van der Waals surface area contributed by atoms with E-state index in [-0.39, 0.29) is 17.7 Å². The van der Waals surface area contributed by atoms with Crippen LogP contribution in [0.1, 0.15) is 57.9 Å². The minimum absolute atomic E-state index is 0.0645. The lowest BCUT2D eigenvalue weighted by Gasteiger charge is -2.32. The third kappa shape index (κ3) is 4.96. The van der Waals surface area contributed by atoms with Gasteiger partial charge in [0.1, 0.15) is 5.75 Å². The highest BCUT2D eigenvalue weighted by Gasteiger charge is 2.32. The van der Waals surface area contributed by atoms with Gasteiger partial charge in [-0.2, -0.15) is 0 Å². The van der Waals surface area contributed by atoms with Crippen molar-refractivity contribution in [1.29, 1.82) is 0 Å². The van der Waals surface area contributed by atoms with E-state index in [0.29, 0.717) is 6.54 Å². The van der Waals surface area contributed by atoms with E-state index in [0.717, 1.165) is 43.4 Å². The fourth-order valence-electron chi connectivity index (χ4n) is 3.21. The average molecular weight is 319 g/mol. The van der Waals surface area contributed by atoms with Gasteiger partial charge in [-0.1, -0.05) is 45.2 Å². The van der Waals surface area contributed by atoms with Crippen molar-refractivity contribution < 1.29 is 14.6 Å². The number of aliphatic hydroxyl groups is 1. The first kappa shape index (κ1) is 17.8. The molecule has 2 N–H and O–H groups in total. The molecule has 0 unspecified atom stereocenters. The van der Waals surface area contributed by atoms with Gasteiger partial charge >= 0.3 is 0 Å². The molecule has 0 aliphatic heterocycles. The second-order valence-electron chi connectivity index (χ2n) is 7.35. The molecule has 1 aromatic carbocycles. The van der Waals surface area contributed by atoms with Crippen molar-refractivity contribution in [3.05, 3.63) is 29.8 Å². The Bertz CT molecular complexity index is 533. The summed E-state index contributed by atoms with van der Waals surface area (Å²) in [6.07, 6.45) is 4.87. The Balaban J connectivity index is 1.91. The first-order valence-electron chi connectivity index (χ1n) is 8.48. The zero-order valence-corrected chi connectivity index (χ0v) is 14.5. The number of amides is 1. The van der Waals surface area contributed by atoms with Crippen molar-refractivity contribution in [3.8, 4) is 5.75 Å². The van der Waals surface area contributed by atoms with E-state index in [4.69, 9.17) is 4.74 Å². The topological polar surface area (TPSA) is 58.6 Å². The van der Waals surface area contributed by atoms with Gasteiger partial charge in [0.25, 0.3) is 0 Å². The molecular formula is C19H29NO3. The Hall–Kier alpha value is -1.55. The number of benzene rings is 1. The molecule has 23 heavy (non-hydrogen) atoms.